The molecule has 0 saturated heterocycles. The predicted octanol–water partition coefficient (Wildman–Crippen LogP) is 2.22. The second-order valence-corrected chi connectivity index (χ2v) is 4.44. The van der Waals surface area contributed by atoms with Gasteiger partial charge in [0.25, 0.3) is 0 Å². The summed E-state index contributed by atoms with van der Waals surface area (Å²) in [5.74, 6) is 0. The van der Waals surface area contributed by atoms with E-state index in [1.165, 1.54) is 17.5 Å². The summed E-state index contributed by atoms with van der Waals surface area (Å²) >= 11 is 0. The molecule has 0 unspecified atom stereocenters. The van der Waals surface area contributed by atoms with Crippen LogP contribution in [-0.2, 0) is 6.42 Å². The van der Waals surface area contributed by atoms with E-state index in [2.05, 4.69) is 48.3 Å². The standard InChI is InChI=1S/C14H22N2/c1-3-16(4-2)11-14-13-8-6-5-7-12(13)9-10-15-14/h5-8,14-15H,3-4,9-11H2,1-2H3/t14-/m1/s1. The summed E-state index contributed by atoms with van der Waals surface area (Å²) in [5, 5.41) is 3.63. The molecule has 0 aromatic heterocycles. The van der Waals surface area contributed by atoms with Crippen LogP contribution in [0.2, 0.25) is 0 Å². The van der Waals surface area contributed by atoms with Crippen LogP contribution in [-0.4, -0.2) is 31.1 Å². The Morgan fingerprint density at radius 1 is 1.25 bits per heavy atom. The maximum Gasteiger partial charge on any atom is 0.0452 e. The van der Waals surface area contributed by atoms with Crippen molar-refractivity contribution in [3.05, 3.63) is 35.4 Å². The van der Waals surface area contributed by atoms with Crippen LogP contribution in [0, 0.1) is 0 Å². The highest BCUT2D eigenvalue weighted by molar-refractivity contribution is 5.32. The Labute approximate surface area is 98.7 Å². The van der Waals surface area contributed by atoms with Crippen molar-refractivity contribution in [1.29, 1.82) is 0 Å². The second kappa shape index (κ2) is 5.46. The first-order valence-corrected chi connectivity index (χ1v) is 6.38. The molecule has 0 saturated carbocycles. The van der Waals surface area contributed by atoms with E-state index in [9.17, 15) is 0 Å². The Bertz CT molecular complexity index is 331. The van der Waals surface area contributed by atoms with Crippen LogP contribution in [0.1, 0.15) is 31.0 Å². The lowest BCUT2D eigenvalue weighted by Gasteiger charge is -2.31. The zero-order valence-electron chi connectivity index (χ0n) is 10.4. The van der Waals surface area contributed by atoms with Gasteiger partial charge in [-0.2, -0.15) is 0 Å². The van der Waals surface area contributed by atoms with E-state index < -0.39 is 0 Å². The molecule has 1 N–H and O–H groups in total. The van der Waals surface area contributed by atoms with Crippen molar-refractivity contribution in [3.8, 4) is 0 Å². The Hall–Kier alpha value is -0.860. The fourth-order valence-corrected chi connectivity index (χ4v) is 2.50. The number of benzene rings is 1. The smallest absolute Gasteiger partial charge is 0.0452 e. The number of fused-ring (bicyclic) bond motifs is 1. The number of nitrogens with one attached hydrogen (secondary N) is 1. The number of hydrogen-bond acceptors (Lipinski definition) is 2. The minimum atomic E-state index is 0.518. The van der Waals surface area contributed by atoms with E-state index in [1.54, 1.807) is 0 Å². The van der Waals surface area contributed by atoms with Crippen LogP contribution in [0.4, 0.5) is 0 Å². The fraction of sp³-hybridized carbons (Fsp3) is 0.571. The summed E-state index contributed by atoms with van der Waals surface area (Å²) in [6.07, 6.45) is 1.17. The van der Waals surface area contributed by atoms with Crippen molar-refractivity contribution in [1.82, 2.24) is 10.2 Å². The molecule has 1 heterocycles. The molecule has 2 rings (SSSR count). The predicted molar refractivity (Wildman–Crippen MR) is 68.7 cm³/mol. The molecule has 1 aliphatic heterocycles. The molecule has 1 aromatic carbocycles. The summed E-state index contributed by atoms with van der Waals surface area (Å²) in [6.45, 7) is 8.98. The third-order valence-corrected chi connectivity index (χ3v) is 3.55. The topological polar surface area (TPSA) is 15.3 Å². The van der Waals surface area contributed by atoms with Gasteiger partial charge >= 0.3 is 0 Å². The van der Waals surface area contributed by atoms with Gasteiger partial charge in [-0.15, -0.1) is 0 Å². The lowest BCUT2D eigenvalue weighted by Crippen LogP contribution is -2.38. The minimum absolute atomic E-state index is 0.518. The Balaban J connectivity index is 2.12. The third kappa shape index (κ3) is 2.45. The summed E-state index contributed by atoms with van der Waals surface area (Å²) in [5.41, 5.74) is 3.03. The van der Waals surface area contributed by atoms with Crippen LogP contribution in [0.3, 0.4) is 0 Å². The average molecular weight is 218 g/mol. The molecule has 1 atom stereocenters. The van der Waals surface area contributed by atoms with E-state index in [4.69, 9.17) is 0 Å². The highest BCUT2D eigenvalue weighted by atomic mass is 15.1. The SMILES string of the molecule is CCN(CC)C[C@H]1NCCc2ccccc21. The lowest BCUT2D eigenvalue weighted by atomic mass is 9.94. The zero-order valence-corrected chi connectivity index (χ0v) is 10.4. The van der Waals surface area contributed by atoms with Gasteiger partial charge in [-0.05, 0) is 37.2 Å². The average Bonchev–Trinajstić information content (AvgIpc) is 2.36. The number of nitrogens with zero attached hydrogens (tertiary/aromatic N) is 1. The third-order valence-electron chi connectivity index (χ3n) is 3.55. The van der Waals surface area contributed by atoms with Crippen LogP contribution in [0.15, 0.2) is 24.3 Å². The Morgan fingerprint density at radius 3 is 2.75 bits per heavy atom. The molecule has 16 heavy (non-hydrogen) atoms. The van der Waals surface area contributed by atoms with E-state index in [0.717, 1.165) is 26.2 Å². The minimum Gasteiger partial charge on any atom is -0.309 e. The molecule has 0 amide bonds. The quantitative estimate of drug-likeness (QED) is 0.833. The van der Waals surface area contributed by atoms with Crippen molar-refractivity contribution in [2.75, 3.05) is 26.2 Å². The molecule has 0 bridgehead atoms. The van der Waals surface area contributed by atoms with Crippen molar-refractivity contribution >= 4 is 0 Å². The van der Waals surface area contributed by atoms with Crippen molar-refractivity contribution < 1.29 is 0 Å². The Kier molecular flexibility index (Phi) is 3.97. The van der Waals surface area contributed by atoms with E-state index >= 15 is 0 Å². The number of hydrogen-bond donors (Lipinski definition) is 1. The second-order valence-electron chi connectivity index (χ2n) is 4.44. The van der Waals surface area contributed by atoms with Crippen molar-refractivity contribution in [2.24, 2.45) is 0 Å². The van der Waals surface area contributed by atoms with E-state index in [0.29, 0.717) is 6.04 Å². The number of likely N-dealkylation sites (N-methyl/N-ethyl adjacent to an activating group) is 1. The first-order chi connectivity index (χ1) is 7.85. The van der Waals surface area contributed by atoms with Gasteiger partial charge in [0.15, 0.2) is 0 Å². The molecule has 0 aliphatic carbocycles. The molecule has 1 aliphatic rings. The van der Waals surface area contributed by atoms with Crippen molar-refractivity contribution in [3.63, 3.8) is 0 Å². The molecule has 88 valence electrons. The van der Waals surface area contributed by atoms with Crippen LogP contribution < -0.4 is 5.32 Å². The molecule has 0 fully saturated rings. The molecule has 0 radical (unpaired) electrons. The van der Waals surface area contributed by atoms with Gasteiger partial charge in [0.2, 0.25) is 0 Å². The summed E-state index contributed by atoms with van der Waals surface area (Å²) in [7, 11) is 0. The summed E-state index contributed by atoms with van der Waals surface area (Å²) in [4.78, 5) is 2.49. The van der Waals surface area contributed by atoms with Crippen LogP contribution in [0.5, 0.6) is 0 Å². The lowest BCUT2D eigenvalue weighted by molar-refractivity contribution is 0.261. The van der Waals surface area contributed by atoms with Gasteiger partial charge < -0.3 is 10.2 Å². The molecular formula is C14H22N2. The maximum absolute atomic E-state index is 3.63. The van der Waals surface area contributed by atoms with Crippen molar-refractivity contribution in [2.45, 2.75) is 26.3 Å². The molecule has 2 heteroatoms. The summed E-state index contributed by atoms with van der Waals surface area (Å²) < 4.78 is 0. The van der Waals surface area contributed by atoms with Gasteiger partial charge in [0.05, 0.1) is 0 Å². The van der Waals surface area contributed by atoms with E-state index in [1.807, 2.05) is 0 Å². The molecule has 2 nitrogen and oxygen atoms in total. The van der Waals surface area contributed by atoms with Crippen LogP contribution >= 0.6 is 0 Å². The number of rotatable bonds is 4. The molecule has 1 aromatic rings. The Morgan fingerprint density at radius 2 is 2.00 bits per heavy atom. The molecule has 0 spiro atoms. The van der Waals surface area contributed by atoms with Gasteiger partial charge in [-0.3, -0.25) is 0 Å². The van der Waals surface area contributed by atoms with Crippen LogP contribution in [0.25, 0.3) is 0 Å². The van der Waals surface area contributed by atoms with Gasteiger partial charge in [-0.25, -0.2) is 0 Å². The van der Waals surface area contributed by atoms with Gasteiger partial charge in [0.1, 0.15) is 0 Å². The largest absolute Gasteiger partial charge is 0.309 e. The first-order valence-electron chi connectivity index (χ1n) is 6.38. The monoisotopic (exact) mass is 218 g/mol. The van der Waals surface area contributed by atoms with Gasteiger partial charge in [-0.1, -0.05) is 38.1 Å². The summed E-state index contributed by atoms with van der Waals surface area (Å²) in [6, 6.07) is 9.37. The normalized spacial score (nSPS) is 19.8. The zero-order chi connectivity index (χ0) is 11.4. The highest BCUT2D eigenvalue weighted by Gasteiger charge is 2.20. The fourth-order valence-electron chi connectivity index (χ4n) is 2.50. The highest BCUT2D eigenvalue weighted by Crippen LogP contribution is 2.23. The maximum atomic E-state index is 3.63. The first kappa shape index (κ1) is 11.6. The van der Waals surface area contributed by atoms with E-state index in [-0.39, 0.29) is 0 Å². The molecular weight excluding hydrogens is 196 g/mol. The van der Waals surface area contributed by atoms with Gasteiger partial charge in [0, 0.05) is 12.6 Å².